The van der Waals surface area contributed by atoms with Crippen molar-refractivity contribution in [2.24, 2.45) is 5.73 Å². The van der Waals surface area contributed by atoms with Gasteiger partial charge >= 0.3 is 0 Å². The van der Waals surface area contributed by atoms with Crippen molar-refractivity contribution in [1.29, 1.82) is 0 Å². The van der Waals surface area contributed by atoms with E-state index in [0.29, 0.717) is 18.2 Å². The van der Waals surface area contributed by atoms with Crippen LogP contribution in [0.5, 0.6) is 0 Å². The first-order chi connectivity index (χ1) is 8.74. The Kier molecular flexibility index (Phi) is 3.37. The zero-order chi connectivity index (χ0) is 12.5. The summed E-state index contributed by atoms with van der Waals surface area (Å²) in [6, 6.07) is 9.74. The maximum absolute atomic E-state index is 6.20. The molecule has 98 valence electrons. The van der Waals surface area contributed by atoms with Gasteiger partial charge < -0.3 is 15.8 Å². The summed E-state index contributed by atoms with van der Waals surface area (Å²) in [6.45, 7) is 3.03. The fourth-order valence-corrected chi connectivity index (χ4v) is 3.27. The van der Waals surface area contributed by atoms with Crippen molar-refractivity contribution in [3.63, 3.8) is 0 Å². The average molecular weight is 246 g/mol. The summed E-state index contributed by atoms with van der Waals surface area (Å²) in [5.41, 5.74) is 8.91. The fourth-order valence-electron chi connectivity index (χ4n) is 3.27. The lowest BCUT2D eigenvalue weighted by Gasteiger charge is -2.30. The van der Waals surface area contributed by atoms with Crippen LogP contribution in [0.15, 0.2) is 24.3 Å². The van der Waals surface area contributed by atoms with Crippen molar-refractivity contribution >= 4 is 0 Å². The summed E-state index contributed by atoms with van der Waals surface area (Å²) in [6.07, 6.45) is 3.61. The van der Waals surface area contributed by atoms with Gasteiger partial charge in [-0.3, -0.25) is 0 Å². The zero-order valence-electron chi connectivity index (χ0n) is 10.9. The molecule has 0 aromatic heterocycles. The molecule has 0 saturated carbocycles. The van der Waals surface area contributed by atoms with Gasteiger partial charge in [0.2, 0.25) is 0 Å². The second-order valence-corrected chi connectivity index (χ2v) is 5.59. The van der Waals surface area contributed by atoms with E-state index >= 15 is 0 Å². The molecule has 18 heavy (non-hydrogen) atoms. The van der Waals surface area contributed by atoms with E-state index in [1.165, 1.54) is 11.1 Å². The topological polar surface area (TPSA) is 47.3 Å². The summed E-state index contributed by atoms with van der Waals surface area (Å²) < 4.78 is 5.60. The number of rotatable bonds is 2. The lowest BCUT2D eigenvalue weighted by molar-refractivity contribution is 0.0111. The van der Waals surface area contributed by atoms with Crippen molar-refractivity contribution in [2.75, 3.05) is 6.61 Å². The molecule has 1 saturated heterocycles. The lowest BCUT2D eigenvalue weighted by atomic mass is 10.0. The Labute approximate surface area is 109 Å². The van der Waals surface area contributed by atoms with E-state index in [4.69, 9.17) is 10.5 Å². The molecule has 3 rings (SSSR count). The van der Waals surface area contributed by atoms with Crippen LogP contribution in [0.2, 0.25) is 0 Å². The molecule has 3 nitrogen and oxygen atoms in total. The first kappa shape index (κ1) is 12.2. The third-order valence-electron chi connectivity index (χ3n) is 4.18. The summed E-state index contributed by atoms with van der Waals surface area (Å²) >= 11 is 0. The van der Waals surface area contributed by atoms with E-state index in [0.717, 1.165) is 25.9 Å². The highest BCUT2D eigenvalue weighted by atomic mass is 16.5. The minimum atomic E-state index is 0.191. The highest BCUT2D eigenvalue weighted by Crippen LogP contribution is 2.37. The SMILES string of the molecule is CC1CC(NC2CC(N)c3ccccc32)CCO1. The minimum absolute atomic E-state index is 0.191. The van der Waals surface area contributed by atoms with Crippen LogP contribution in [0, 0.1) is 0 Å². The van der Waals surface area contributed by atoms with Gasteiger partial charge in [0.05, 0.1) is 6.10 Å². The van der Waals surface area contributed by atoms with Crippen LogP contribution in [0.1, 0.15) is 49.4 Å². The maximum atomic E-state index is 6.20. The number of benzene rings is 1. The van der Waals surface area contributed by atoms with Gasteiger partial charge in [-0.1, -0.05) is 24.3 Å². The number of nitrogens with one attached hydrogen (secondary N) is 1. The Morgan fingerprint density at radius 3 is 2.78 bits per heavy atom. The monoisotopic (exact) mass is 246 g/mol. The van der Waals surface area contributed by atoms with Gasteiger partial charge in [-0.25, -0.2) is 0 Å². The van der Waals surface area contributed by atoms with Crippen molar-refractivity contribution in [2.45, 2.75) is 50.4 Å². The van der Waals surface area contributed by atoms with E-state index < -0.39 is 0 Å². The Morgan fingerprint density at radius 1 is 1.22 bits per heavy atom. The van der Waals surface area contributed by atoms with Crippen molar-refractivity contribution < 1.29 is 4.74 Å². The number of hydrogen-bond donors (Lipinski definition) is 2. The largest absolute Gasteiger partial charge is 0.378 e. The first-order valence-electron chi connectivity index (χ1n) is 6.96. The molecule has 4 unspecified atom stereocenters. The van der Waals surface area contributed by atoms with Gasteiger partial charge in [0.25, 0.3) is 0 Å². The second kappa shape index (κ2) is 5.00. The normalized spacial score (nSPS) is 35.4. The second-order valence-electron chi connectivity index (χ2n) is 5.59. The molecule has 4 atom stereocenters. The first-order valence-corrected chi connectivity index (χ1v) is 6.96. The molecular weight excluding hydrogens is 224 g/mol. The molecule has 0 amide bonds. The molecule has 1 aromatic carbocycles. The van der Waals surface area contributed by atoms with Gasteiger partial charge in [-0.15, -0.1) is 0 Å². The number of hydrogen-bond acceptors (Lipinski definition) is 3. The van der Waals surface area contributed by atoms with Gasteiger partial charge in [0.15, 0.2) is 0 Å². The van der Waals surface area contributed by atoms with Gasteiger partial charge in [0, 0.05) is 24.7 Å². The van der Waals surface area contributed by atoms with E-state index in [1.807, 2.05) is 0 Å². The number of nitrogens with two attached hydrogens (primary N) is 1. The van der Waals surface area contributed by atoms with E-state index in [9.17, 15) is 0 Å². The van der Waals surface area contributed by atoms with Crippen LogP contribution in [0.4, 0.5) is 0 Å². The van der Waals surface area contributed by atoms with E-state index in [1.54, 1.807) is 0 Å². The Balaban J connectivity index is 1.71. The van der Waals surface area contributed by atoms with Gasteiger partial charge in [0.1, 0.15) is 0 Å². The molecule has 1 fully saturated rings. The standard InChI is InChI=1S/C15H22N2O/c1-10-8-11(6-7-18-10)17-15-9-14(16)12-4-2-3-5-13(12)15/h2-5,10-11,14-15,17H,6-9,16H2,1H3. The van der Waals surface area contributed by atoms with E-state index in [2.05, 4.69) is 36.5 Å². The zero-order valence-corrected chi connectivity index (χ0v) is 10.9. The maximum Gasteiger partial charge on any atom is 0.0561 e. The summed E-state index contributed by atoms with van der Waals surface area (Å²) in [4.78, 5) is 0. The highest BCUT2D eigenvalue weighted by Gasteiger charge is 2.30. The molecule has 1 aliphatic heterocycles. The van der Waals surface area contributed by atoms with Gasteiger partial charge in [-0.05, 0) is 37.3 Å². The predicted molar refractivity (Wildman–Crippen MR) is 72.3 cm³/mol. The highest BCUT2D eigenvalue weighted by molar-refractivity contribution is 5.37. The predicted octanol–water partition coefficient (Wildman–Crippen LogP) is 2.29. The van der Waals surface area contributed by atoms with Crippen LogP contribution in [-0.4, -0.2) is 18.8 Å². The molecule has 2 aliphatic rings. The van der Waals surface area contributed by atoms with E-state index in [-0.39, 0.29) is 6.04 Å². The number of ether oxygens (including phenoxy) is 1. The number of fused-ring (bicyclic) bond motifs is 1. The molecule has 3 N–H and O–H groups in total. The van der Waals surface area contributed by atoms with Crippen molar-refractivity contribution in [3.8, 4) is 0 Å². The Bertz CT molecular complexity index is 421. The molecule has 0 bridgehead atoms. The van der Waals surface area contributed by atoms with Crippen molar-refractivity contribution in [3.05, 3.63) is 35.4 Å². The van der Waals surface area contributed by atoms with Crippen molar-refractivity contribution in [1.82, 2.24) is 5.32 Å². The summed E-state index contributed by atoms with van der Waals surface area (Å²) in [5, 5.41) is 3.77. The Morgan fingerprint density at radius 2 is 2.00 bits per heavy atom. The minimum Gasteiger partial charge on any atom is -0.378 e. The quantitative estimate of drug-likeness (QED) is 0.841. The molecule has 3 heteroatoms. The average Bonchev–Trinajstić information content (AvgIpc) is 2.67. The molecule has 1 aromatic rings. The van der Waals surface area contributed by atoms with Gasteiger partial charge in [-0.2, -0.15) is 0 Å². The Hall–Kier alpha value is -0.900. The molecule has 0 radical (unpaired) electrons. The van der Waals surface area contributed by atoms with Crippen LogP contribution in [0.3, 0.4) is 0 Å². The molecule has 1 heterocycles. The van der Waals surface area contributed by atoms with Crippen LogP contribution < -0.4 is 11.1 Å². The molecule has 0 spiro atoms. The fraction of sp³-hybridized carbons (Fsp3) is 0.600. The van der Waals surface area contributed by atoms with Crippen LogP contribution in [-0.2, 0) is 4.74 Å². The molecule has 1 aliphatic carbocycles. The summed E-state index contributed by atoms with van der Waals surface area (Å²) in [5.74, 6) is 0. The third kappa shape index (κ3) is 2.30. The van der Waals surface area contributed by atoms with Crippen LogP contribution >= 0.6 is 0 Å². The smallest absolute Gasteiger partial charge is 0.0561 e. The molecular formula is C15H22N2O. The lowest BCUT2D eigenvalue weighted by Crippen LogP contribution is -2.39. The summed E-state index contributed by atoms with van der Waals surface area (Å²) in [7, 11) is 0. The third-order valence-corrected chi connectivity index (χ3v) is 4.18. The van der Waals surface area contributed by atoms with Crippen LogP contribution in [0.25, 0.3) is 0 Å².